The van der Waals surface area contributed by atoms with Crippen molar-refractivity contribution in [3.05, 3.63) is 63.7 Å². The monoisotopic (exact) mass is 399 g/mol. The van der Waals surface area contributed by atoms with Gasteiger partial charge in [0.15, 0.2) is 0 Å². The van der Waals surface area contributed by atoms with Crippen molar-refractivity contribution in [2.75, 3.05) is 36.4 Å². The largest absolute Gasteiger partial charge is 0.367 e. The van der Waals surface area contributed by atoms with Crippen molar-refractivity contribution >= 4 is 29.0 Å². The summed E-state index contributed by atoms with van der Waals surface area (Å²) in [4.78, 5) is 38.4. The molecule has 0 aliphatic carbocycles. The van der Waals surface area contributed by atoms with Crippen molar-refractivity contribution < 1.29 is 19.7 Å². The maximum absolute atomic E-state index is 12.5. The number of benzene rings is 2. The van der Waals surface area contributed by atoms with Gasteiger partial charge in [0.2, 0.25) is 0 Å². The summed E-state index contributed by atoms with van der Waals surface area (Å²) in [6.45, 7) is 3.61. The Balaban J connectivity index is 1.70. The van der Waals surface area contributed by atoms with E-state index in [1.165, 1.54) is 17.6 Å². The van der Waals surface area contributed by atoms with E-state index in [1.807, 2.05) is 36.1 Å². The number of carbonyl (C=O) groups is 2. The van der Waals surface area contributed by atoms with Gasteiger partial charge in [0.25, 0.3) is 11.6 Å². The van der Waals surface area contributed by atoms with Crippen molar-refractivity contribution in [3.63, 3.8) is 0 Å². The van der Waals surface area contributed by atoms with Crippen molar-refractivity contribution in [3.8, 4) is 0 Å². The lowest BCUT2D eigenvalue weighted by atomic mass is 10.1. The summed E-state index contributed by atoms with van der Waals surface area (Å²) in [5.41, 5.74) is 3.45. The predicted octanol–water partition coefficient (Wildman–Crippen LogP) is 2.38. The summed E-state index contributed by atoms with van der Waals surface area (Å²) in [6, 6.07) is 11.2. The van der Waals surface area contributed by atoms with E-state index in [-0.39, 0.29) is 17.3 Å². The molecule has 0 saturated carbocycles. The standard InChI is InChI=1S/C19H21N5O5/c1-13-4-2-3-5-16(13)20-19(26)23-10-8-22(9-11-23)17-7-6-14(24(28)29)12-15(17)18(25)21-27/h2-7,12,27H,8-11H2,1H3,(H,20,26)(H,21,25). The number of nitrogens with one attached hydrogen (secondary N) is 2. The van der Waals surface area contributed by atoms with Crippen LogP contribution in [-0.4, -0.2) is 53.1 Å². The average molecular weight is 399 g/mol. The molecule has 0 unspecified atom stereocenters. The fourth-order valence-electron chi connectivity index (χ4n) is 3.21. The molecule has 1 heterocycles. The third kappa shape index (κ3) is 4.43. The molecule has 1 aliphatic heterocycles. The zero-order valence-corrected chi connectivity index (χ0v) is 15.8. The molecular formula is C19H21N5O5. The zero-order valence-electron chi connectivity index (χ0n) is 15.8. The fourth-order valence-corrected chi connectivity index (χ4v) is 3.21. The van der Waals surface area contributed by atoms with Gasteiger partial charge < -0.3 is 15.1 Å². The quantitative estimate of drug-likeness (QED) is 0.411. The number of piperazine rings is 1. The Morgan fingerprint density at radius 1 is 1.10 bits per heavy atom. The van der Waals surface area contributed by atoms with Gasteiger partial charge in [-0.1, -0.05) is 18.2 Å². The van der Waals surface area contributed by atoms with E-state index in [1.54, 1.807) is 4.90 Å². The lowest BCUT2D eigenvalue weighted by Crippen LogP contribution is -2.50. The Labute approximate surface area is 166 Å². The molecule has 1 fully saturated rings. The van der Waals surface area contributed by atoms with Gasteiger partial charge in [-0.3, -0.25) is 20.1 Å². The third-order valence-corrected chi connectivity index (χ3v) is 4.83. The van der Waals surface area contributed by atoms with E-state index in [0.717, 1.165) is 17.3 Å². The summed E-state index contributed by atoms with van der Waals surface area (Å²) in [5.74, 6) is -0.830. The molecular weight excluding hydrogens is 378 g/mol. The molecule has 2 aromatic carbocycles. The molecule has 2 aromatic rings. The van der Waals surface area contributed by atoms with Crippen LogP contribution < -0.4 is 15.7 Å². The highest BCUT2D eigenvalue weighted by Gasteiger charge is 2.25. The van der Waals surface area contributed by atoms with E-state index in [9.17, 15) is 19.7 Å². The topological polar surface area (TPSA) is 128 Å². The van der Waals surface area contributed by atoms with Crippen molar-refractivity contribution in [2.45, 2.75) is 6.92 Å². The van der Waals surface area contributed by atoms with Crippen LogP contribution in [0.25, 0.3) is 0 Å². The third-order valence-electron chi connectivity index (χ3n) is 4.83. The maximum atomic E-state index is 12.5. The van der Waals surface area contributed by atoms with Crippen LogP contribution in [0.1, 0.15) is 15.9 Å². The van der Waals surface area contributed by atoms with Crippen molar-refractivity contribution in [1.29, 1.82) is 0 Å². The molecule has 29 heavy (non-hydrogen) atoms. The Bertz CT molecular complexity index is 940. The predicted molar refractivity (Wildman–Crippen MR) is 106 cm³/mol. The van der Waals surface area contributed by atoms with Gasteiger partial charge in [-0.15, -0.1) is 0 Å². The Kier molecular flexibility index (Phi) is 5.93. The molecule has 3 amide bonds. The minimum Gasteiger partial charge on any atom is -0.367 e. The molecule has 0 aromatic heterocycles. The smallest absolute Gasteiger partial charge is 0.321 e. The number of hydrogen-bond acceptors (Lipinski definition) is 6. The molecule has 0 bridgehead atoms. The number of amides is 3. The number of nitro groups is 1. The van der Waals surface area contributed by atoms with Crippen LogP contribution in [0.3, 0.4) is 0 Å². The molecule has 1 saturated heterocycles. The number of rotatable bonds is 4. The first-order valence-corrected chi connectivity index (χ1v) is 9.00. The van der Waals surface area contributed by atoms with Crippen LogP contribution in [0.4, 0.5) is 21.9 Å². The van der Waals surface area contributed by atoms with E-state index >= 15 is 0 Å². The molecule has 152 valence electrons. The number of aryl methyl sites for hydroxylation is 1. The van der Waals surface area contributed by atoms with Crippen LogP contribution >= 0.6 is 0 Å². The molecule has 1 aliphatic rings. The van der Waals surface area contributed by atoms with E-state index < -0.39 is 10.8 Å². The second kappa shape index (κ2) is 8.57. The van der Waals surface area contributed by atoms with Crippen LogP contribution in [0.5, 0.6) is 0 Å². The number of anilines is 2. The maximum Gasteiger partial charge on any atom is 0.321 e. The molecule has 3 N–H and O–H groups in total. The Hall–Kier alpha value is -3.66. The lowest BCUT2D eigenvalue weighted by Gasteiger charge is -2.36. The minimum atomic E-state index is -0.830. The number of urea groups is 1. The number of nitrogens with zero attached hydrogens (tertiary/aromatic N) is 3. The van der Waals surface area contributed by atoms with E-state index in [4.69, 9.17) is 5.21 Å². The van der Waals surface area contributed by atoms with Gasteiger partial charge in [-0.25, -0.2) is 10.3 Å². The highest BCUT2D eigenvalue weighted by molar-refractivity contribution is 6.00. The first-order valence-electron chi connectivity index (χ1n) is 9.00. The minimum absolute atomic E-state index is 0.000452. The van der Waals surface area contributed by atoms with Crippen LogP contribution in [0.2, 0.25) is 0 Å². The summed E-state index contributed by atoms with van der Waals surface area (Å²) >= 11 is 0. The van der Waals surface area contributed by atoms with E-state index in [2.05, 4.69) is 5.32 Å². The second-order valence-corrected chi connectivity index (χ2v) is 6.62. The first-order chi connectivity index (χ1) is 13.9. The SMILES string of the molecule is Cc1ccccc1NC(=O)N1CCN(c2ccc([N+](=O)[O-])cc2C(=O)NO)CC1. The van der Waals surface area contributed by atoms with Crippen molar-refractivity contribution in [1.82, 2.24) is 10.4 Å². The highest BCUT2D eigenvalue weighted by atomic mass is 16.6. The molecule has 0 spiro atoms. The summed E-state index contributed by atoms with van der Waals surface area (Å²) in [5, 5.41) is 22.8. The first kappa shape index (κ1) is 20.1. The van der Waals surface area contributed by atoms with E-state index in [0.29, 0.717) is 31.9 Å². The number of para-hydroxylation sites is 1. The van der Waals surface area contributed by atoms with Gasteiger partial charge >= 0.3 is 6.03 Å². The lowest BCUT2D eigenvalue weighted by molar-refractivity contribution is -0.384. The fraction of sp³-hybridized carbons (Fsp3) is 0.263. The van der Waals surface area contributed by atoms with Gasteiger partial charge in [0, 0.05) is 44.0 Å². The number of hydrogen-bond donors (Lipinski definition) is 3. The number of non-ortho nitro benzene ring substituents is 1. The Morgan fingerprint density at radius 3 is 2.41 bits per heavy atom. The second-order valence-electron chi connectivity index (χ2n) is 6.62. The molecule has 3 rings (SSSR count). The number of nitro benzene ring substituents is 1. The molecule has 0 radical (unpaired) electrons. The van der Waals surface area contributed by atoms with Gasteiger partial charge in [-0.05, 0) is 24.6 Å². The van der Waals surface area contributed by atoms with Crippen molar-refractivity contribution in [2.24, 2.45) is 0 Å². The highest BCUT2D eigenvalue weighted by Crippen LogP contribution is 2.27. The number of hydroxylamine groups is 1. The summed E-state index contributed by atoms with van der Waals surface area (Å²) in [6.07, 6.45) is 0. The Morgan fingerprint density at radius 2 is 1.79 bits per heavy atom. The zero-order chi connectivity index (χ0) is 21.0. The van der Waals surface area contributed by atoms with Gasteiger partial charge in [0.05, 0.1) is 16.2 Å². The molecule has 10 heteroatoms. The number of carbonyl (C=O) groups excluding carboxylic acids is 2. The van der Waals surface area contributed by atoms with Crippen LogP contribution in [0, 0.1) is 17.0 Å². The average Bonchev–Trinajstić information content (AvgIpc) is 2.74. The van der Waals surface area contributed by atoms with Crippen LogP contribution in [0.15, 0.2) is 42.5 Å². The molecule has 10 nitrogen and oxygen atoms in total. The van der Waals surface area contributed by atoms with Crippen LogP contribution in [-0.2, 0) is 0 Å². The van der Waals surface area contributed by atoms with Gasteiger partial charge in [-0.2, -0.15) is 0 Å². The normalized spacial score (nSPS) is 13.7. The molecule has 0 atom stereocenters. The summed E-state index contributed by atoms with van der Waals surface area (Å²) < 4.78 is 0. The van der Waals surface area contributed by atoms with Gasteiger partial charge in [0.1, 0.15) is 0 Å². The summed E-state index contributed by atoms with van der Waals surface area (Å²) in [7, 11) is 0.